The van der Waals surface area contributed by atoms with E-state index in [0.717, 1.165) is 11.6 Å². The SMILES string of the molecule is Cc1cnc(CNC(C)C2CCCC2)c(C)c1[N+](=O)[O-]. The molecule has 5 nitrogen and oxygen atoms in total. The smallest absolute Gasteiger partial charge is 0.278 e. The van der Waals surface area contributed by atoms with Gasteiger partial charge in [-0.25, -0.2) is 0 Å². The first-order valence-electron chi connectivity index (χ1n) is 7.33. The second-order valence-electron chi connectivity index (χ2n) is 5.83. The van der Waals surface area contributed by atoms with E-state index in [-0.39, 0.29) is 10.6 Å². The first kappa shape index (κ1) is 14.9. The van der Waals surface area contributed by atoms with E-state index in [1.165, 1.54) is 25.7 Å². The van der Waals surface area contributed by atoms with Crippen LogP contribution in [-0.4, -0.2) is 15.9 Å². The predicted octanol–water partition coefficient (Wildman–Crippen LogP) is 3.27. The van der Waals surface area contributed by atoms with Crippen LogP contribution in [0.2, 0.25) is 0 Å². The highest BCUT2D eigenvalue weighted by Crippen LogP contribution is 2.28. The van der Waals surface area contributed by atoms with Crippen molar-refractivity contribution < 1.29 is 4.92 Å². The van der Waals surface area contributed by atoms with Crippen molar-refractivity contribution in [2.24, 2.45) is 5.92 Å². The molecule has 5 heteroatoms. The highest BCUT2D eigenvalue weighted by Gasteiger charge is 2.22. The summed E-state index contributed by atoms with van der Waals surface area (Å²) in [6.45, 7) is 6.32. The van der Waals surface area contributed by atoms with Crippen LogP contribution in [0.1, 0.15) is 49.4 Å². The van der Waals surface area contributed by atoms with Gasteiger partial charge in [0.05, 0.1) is 10.6 Å². The molecule has 1 unspecified atom stereocenters. The molecule has 0 bridgehead atoms. The average molecular weight is 277 g/mol. The van der Waals surface area contributed by atoms with Crippen LogP contribution < -0.4 is 5.32 Å². The highest BCUT2D eigenvalue weighted by molar-refractivity contribution is 5.47. The van der Waals surface area contributed by atoms with Crippen LogP contribution >= 0.6 is 0 Å². The zero-order chi connectivity index (χ0) is 14.7. The summed E-state index contributed by atoms with van der Waals surface area (Å²) < 4.78 is 0. The summed E-state index contributed by atoms with van der Waals surface area (Å²) in [4.78, 5) is 15.1. The summed E-state index contributed by atoms with van der Waals surface area (Å²) >= 11 is 0. The number of aryl methyl sites for hydroxylation is 1. The molecule has 2 rings (SSSR count). The van der Waals surface area contributed by atoms with E-state index in [2.05, 4.69) is 17.2 Å². The standard InChI is InChI=1S/C15H23N3O2/c1-10-8-17-14(11(2)15(10)18(19)20)9-16-12(3)13-6-4-5-7-13/h8,12-13,16H,4-7,9H2,1-3H3. The van der Waals surface area contributed by atoms with Gasteiger partial charge >= 0.3 is 0 Å². The molecular weight excluding hydrogens is 254 g/mol. The maximum atomic E-state index is 11.1. The minimum absolute atomic E-state index is 0.199. The summed E-state index contributed by atoms with van der Waals surface area (Å²) in [6.07, 6.45) is 6.82. The quantitative estimate of drug-likeness (QED) is 0.662. The topological polar surface area (TPSA) is 68.1 Å². The van der Waals surface area contributed by atoms with Crippen LogP contribution in [-0.2, 0) is 6.54 Å². The Hall–Kier alpha value is -1.49. The van der Waals surface area contributed by atoms with Crippen molar-refractivity contribution in [2.45, 2.75) is 59.0 Å². The largest absolute Gasteiger partial charge is 0.308 e. The third-order valence-corrected chi connectivity index (χ3v) is 4.46. The molecule has 0 saturated heterocycles. The number of hydrogen-bond acceptors (Lipinski definition) is 4. The average Bonchev–Trinajstić information content (AvgIpc) is 2.91. The number of nitro groups is 1. The predicted molar refractivity (Wildman–Crippen MR) is 78.6 cm³/mol. The number of pyridine rings is 1. The lowest BCUT2D eigenvalue weighted by Gasteiger charge is -2.20. The zero-order valence-corrected chi connectivity index (χ0v) is 12.5. The Bertz CT molecular complexity index is 496. The molecule has 1 heterocycles. The Kier molecular flexibility index (Phi) is 4.70. The maximum absolute atomic E-state index is 11.1. The normalized spacial score (nSPS) is 17.4. The van der Waals surface area contributed by atoms with Crippen molar-refractivity contribution in [3.63, 3.8) is 0 Å². The van der Waals surface area contributed by atoms with Gasteiger partial charge < -0.3 is 5.32 Å². The van der Waals surface area contributed by atoms with Crippen LogP contribution in [0.4, 0.5) is 5.69 Å². The minimum atomic E-state index is -0.309. The third-order valence-electron chi connectivity index (χ3n) is 4.46. The first-order valence-corrected chi connectivity index (χ1v) is 7.33. The molecule has 1 aromatic rings. The fourth-order valence-electron chi connectivity index (χ4n) is 3.11. The molecule has 0 aromatic carbocycles. The lowest BCUT2D eigenvalue weighted by Crippen LogP contribution is -2.32. The lowest BCUT2D eigenvalue weighted by atomic mass is 9.99. The van der Waals surface area contributed by atoms with Crippen molar-refractivity contribution >= 4 is 5.69 Å². The number of aromatic nitrogens is 1. The number of rotatable bonds is 5. The van der Waals surface area contributed by atoms with Gasteiger partial charge in [0.2, 0.25) is 0 Å². The van der Waals surface area contributed by atoms with Gasteiger partial charge in [0, 0.05) is 29.9 Å². The van der Waals surface area contributed by atoms with Crippen molar-refractivity contribution in [1.29, 1.82) is 0 Å². The molecule has 1 aromatic heterocycles. The second-order valence-corrected chi connectivity index (χ2v) is 5.83. The van der Waals surface area contributed by atoms with Crippen molar-refractivity contribution in [1.82, 2.24) is 10.3 Å². The maximum Gasteiger partial charge on any atom is 0.278 e. The van der Waals surface area contributed by atoms with E-state index in [1.54, 1.807) is 20.0 Å². The molecular formula is C15H23N3O2. The molecule has 0 spiro atoms. The van der Waals surface area contributed by atoms with Gasteiger partial charge in [-0.15, -0.1) is 0 Å². The summed E-state index contributed by atoms with van der Waals surface area (Å²) in [7, 11) is 0. The fourth-order valence-corrected chi connectivity index (χ4v) is 3.11. The summed E-state index contributed by atoms with van der Waals surface area (Å²) in [5.41, 5.74) is 2.29. The van der Waals surface area contributed by atoms with Crippen LogP contribution in [0.3, 0.4) is 0 Å². The van der Waals surface area contributed by atoms with E-state index in [9.17, 15) is 10.1 Å². The van der Waals surface area contributed by atoms with Crippen LogP contribution in [0.15, 0.2) is 6.20 Å². The third kappa shape index (κ3) is 3.15. The Balaban J connectivity index is 2.06. The summed E-state index contributed by atoms with van der Waals surface area (Å²) in [5, 5.41) is 14.6. The minimum Gasteiger partial charge on any atom is -0.308 e. The van der Waals surface area contributed by atoms with Gasteiger partial charge in [-0.05, 0) is 39.5 Å². The van der Waals surface area contributed by atoms with Gasteiger partial charge in [-0.1, -0.05) is 12.8 Å². The molecule has 1 N–H and O–H groups in total. The number of nitrogens with zero attached hydrogens (tertiary/aromatic N) is 2. The van der Waals surface area contributed by atoms with Gasteiger partial charge in [-0.2, -0.15) is 0 Å². The molecule has 20 heavy (non-hydrogen) atoms. The first-order chi connectivity index (χ1) is 9.50. The zero-order valence-electron chi connectivity index (χ0n) is 12.5. The molecule has 1 aliphatic carbocycles. The molecule has 110 valence electrons. The highest BCUT2D eigenvalue weighted by atomic mass is 16.6. The lowest BCUT2D eigenvalue weighted by molar-refractivity contribution is -0.386. The van der Waals surface area contributed by atoms with E-state index in [4.69, 9.17) is 0 Å². The summed E-state index contributed by atoms with van der Waals surface area (Å²) in [6, 6.07) is 0.444. The molecule has 0 aliphatic heterocycles. The van der Waals surface area contributed by atoms with Gasteiger partial charge in [0.15, 0.2) is 0 Å². The van der Waals surface area contributed by atoms with Crippen LogP contribution in [0.5, 0.6) is 0 Å². The van der Waals surface area contributed by atoms with Gasteiger partial charge in [0.25, 0.3) is 5.69 Å². The molecule has 0 radical (unpaired) electrons. The summed E-state index contributed by atoms with van der Waals surface area (Å²) in [5.74, 6) is 0.732. The van der Waals surface area contributed by atoms with Gasteiger partial charge in [0.1, 0.15) is 0 Å². The second kappa shape index (κ2) is 6.31. The number of hydrogen-bond donors (Lipinski definition) is 1. The molecule has 1 fully saturated rings. The van der Waals surface area contributed by atoms with Crippen molar-refractivity contribution in [3.8, 4) is 0 Å². The Morgan fingerprint density at radius 2 is 2.10 bits per heavy atom. The van der Waals surface area contributed by atoms with E-state index >= 15 is 0 Å². The van der Waals surface area contributed by atoms with Crippen LogP contribution in [0, 0.1) is 29.9 Å². The molecule has 1 atom stereocenters. The fraction of sp³-hybridized carbons (Fsp3) is 0.667. The monoisotopic (exact) mass is 277 g/mol. The van der Waals surface area contributed by atoms with E-state index in [1.807, 2.05) is 0 Å². The van der Waals surface area contributed by atoms with Crippen molar-refractivity contribution in [3.05, 3.63) is 33.1 Å². The van der Waals surface area contributed by atoms with E-state index < -0.39 is 0 Å². The molecule has 1 saturated carbocycles. The molecule has 1 aliphatic rings. The Labute approximate surface area is 119 Å². The van der Waals surface area contributed by atoms with Crippen LogP contribution in [0.25, 0.3) is 0 Å². The Morgan fingerprint density at radius 1 is 1.45 bits per heavy atom. The van der Waals surface area contributed by atoms with E-state index in [0.29, 0.717) is 23.7 Å². The van der Waals surface area contributed by atoms with Crippen molar-refractivity contribution in [2.75, 3.05) is 0 Å². The Morgan fingerprint density at radius 3 is 2.70 bits per heavy atom. The molecule has 0 amide bonds. The number of nitrogens with one attached hydrogen (secondary N) is 1. The van der Waals surface area contributed by atoms with Gasteiger partial charge in [-0.3, -0.25) is 15.1 Å².